The molecule has 3 aromatic heterocycles. The maximum absolute atomic E-state index is 5.30. The number of rotatable bonds is 12. The molecule has 4 aromatic carbocycles. The smallest absolute Gasteiger partial charge is 0.164 e. The van der Waals surface area contributed by atoms with E-state index in [9.17, 15) is 0 Å². The van der Waals surface area contributed by atoms with Gasteiger partial charge in [-0.3, -0.25) is 0 Å². The van der Waals surface area contributed by atoms with E-state index in [1.165, 1.54) is 9.79 Å². The first-order valence-corrected chi connectivity index (χ1v) is 21.5. The molecule has 0 spiro atoms. The molecule has 56 heavy (non-hydrogen) atoms. The molecule has 5 heterocycles. The van der Waals surface area contributed by atoms with Gasteiger partial charge in [-0.2, -0.15) is 0 Å². The number of hydrogen-bond acceptors (Lipinski definition) is 10. The molecule has 7 aromatic rings. The highest BCUT2D eigenvalue weighted by Crippen LogP contribution is 2.43. The number of H-pyrrole nitrogens is 2. The molecule has 282 valence electrons. The molecule has 0 radical (unpaired) electrons. The first-order valence-electron chi connectivity index (χ1n) is 19.5. The second-order valence-corrected chi connectivity index (χ2v) is 16.1. The topological polar surface area (TPSA) is 115 Å². The van der Waals surface area contributed by atoms with Crippen LogP contribution in [0.2, 0.25) is 0 Å². The summed E-state index contributed by atoms with van der Waals surface area (Å²) in [7, 11) is 0. The molecule has 9 rings (SSSR count). The summed E-state index contributed by atoms with van der Waals surface area (Å²) in [6, 6.07) is 29.2. The van der Waals surface area contributed by atoms with Crippen molar-refractivity contribution in [2.24, 2.45) is 0 Å². The van der Waals surface area contributed by atoms with E-state index in [0.29, 0.717) is 45.9 Å². The van der Waals surface area contributed by atoms with Crippen LogP contribution in [0, 0.1) is 0 Å². The zero-order valence-corrected chi connectivity index (χ0v) is 33.8. The highest BCUT2D eigenvalue weighted by molar-refractivity contribution is 8.02. The third kappa shape index (κ3) is 6.85. The highest BCUT2D eigenvalue weighted by Gasteiger charge is 2.25. The fourth-order valence-corrected chi connectivity index (χ4v) is 9.82. The quantitative estimate of drug-likeness (QED) is 0.116. The molecule has 0 aliphatic carbocycles. The van der Waals surface area contributed by atoms with Crippen LogP contribution in [0.4, 0.5) is 0 Å². The fraction of sp³-hybridized carbons (Fsp3) is 0.273. The molecular weight excluding hydrogens is 733 g/mol. The van der Waals surface area contributed by atoms with E-state index < -0.39 is 0 Å². The first kappa shape index (κ1) is 36.5. The monoisotopic (exact) mass is 776 g/mol. The zero-order valence-electron chi connectivity index (χ0n) is 32.1. The van der Waals surface area contributed by atoms with Gasteiger partial charge in [-0.15, -0.1) is 23.5 Å². The summed E-state index contributed by atoms with van der Waals surface area (Å²) in [5, 5.41) is 3.88. The molecule has 2 aliphatic heterocycles. The maximum atomic E-state index is 5.30. The molecule has 0 saturated carbocycles. The van der Waals surface area contributed by atoms with Gasteiger partial charge in [-0.25, -0.2) is 29.9 Å². The van der Waals surface area contributed by atoms with Crippen LogP contribution in [-0.4, -0.2) is 100 Å². The summed E-state index contributed by atoms with van der Waals surface area (Å²) in [4.78, 5) is 45.7. The third-order valence-electron chi connectivity index (χ3n) is 10.7. The van der Waals surface area contributed by atoms with E-state index in [2.05, 4.69) is 96.0 Å². The van der Waals surface area contributed by atoms with Crippen LogP contribution in [0.15, 0.2) is 94.7 Å². The molecule has 10 nitrogen and oxygen atoms in total. The van der Waals surface area contributed by atoms with Gasteiger partial charge in [0.15, 0.2) is 23.3 Å². The van der Waals surface area contributed by atoms with Gasteiger partial charge < -0.3 is 19.8 Å². The van der Waals surface area contributed by atoms with Gasteiger partial charge in [0.2, 0.25) is 0 Å². The molecule has 0 unspecified atom stereocenters. The normalized spacial score (nSPS) is 12.2. The van der Waals surface area contributed by atoms with Gasteiger partial charge in [0.05, 0.1) is 0 Å². The minimum atomic E-state index is 0.583. The minimum Gasteiger partial charge on any atom is -0.324 e. The second-order valence-electron chi connectivity index (χ2n) is 13.8. The van der Waals surface area contributed by atoms with Gasteiger partial charge in [0, 0.05) is 78.2 Å². The van der Waals surface area contributed by atoms with Crippen molar-refractivity contribution in [2.45, 2.75) is 37.5 Å². The lowest BCUT2D eigenvalue weighted by Crippen LogP contribution is -2.25. The van der Waals surface area contributed by atoms with E-state index in [-0.39, 0.29) is 0 Å². The molecular formula is C44H44N10S2. The molecule has 2 aliphatic rings. The van der Waals surface area contributed by atoms with Crippen molar-refractivity contribution in [3.05, 3.63) is 84.9 Å². The van der Waals surface area contributed by atoms with Gasteiger partial charge in [0.1, 0.15) is 22.6 Å². The zero-order chi connectivity index (χ0) is 38.2. The number of benzene rings is 4. The van der Waals surface area contributed by atoms with Crippen molar-refractivity contribution in [1.29, 1.82) is 0 Å². The van der Waals surface area contributed by atoms with Crippen LogP contribution in [0.5, 0.6) is 0 Å². The molecule has 12 heteroatoms. The number of nitrogens with zero attached hydrogens (tertiary/aromatic N) is 8. The van der Waals surface area contributed by atoms with Gasteiger partial charge >= 0.3 is 0 Å². The molecule has 8 bridgehead atoms. The lowest BCUT2D eigenvalue weighted by Gasteiger charge is -2.19. The number of nitrogens with one attached hydrogen (secondary N) is 2. The van der Waals surface area contributed by atoms with Gasteiger partial charge in [-0.05, 0) is 38.3 Å². The number of aromatic amines is 2. The van der Waals surface area contributed by atoms with Crippen LogP contribution < -0.4 is 0 Å². The van der Waals surface area contributed by atoms with Crippen molar-refractivity contribution >= 4 is 67.7 Å². The Kier molecular flexibility index (Phi) is 10.3. The SMILES string of the molecule is CCN(CC)CCSc1cc2c(cc1SCCN(CC)CC)-c1nc-2nc2nc(nc3[nH]c(nc4[nH]c(n1)c1ccccc41)c1ccccc31)-c1ccccc1-2. The Morgan fingerprint density at radius 3 is 1.18 bits per heavy atom. The number of fused-ring (bicyclic) bond motifs is 20. The minimum absolute atomic E-state index is 0.583. The molecule has 0 atom stereocenters. The standard InChI is InChI=1S/C44H44N10S2/c1-5-53(6-2)21-23-55-35-25-33-34(26-36(35)56-24-22-54(7-3)8-4)44-51-42-32-20-14-12-18-30(32)40(49-42)47-38-28-16-10-9-15-27(28)37(45-38)46-39-29-17-11-13-19-31(29)41(48-39)50-43(33)52-44/h9-20,25-26H,5-8,21-24H2,1-4H3,(H2,45,46,47,48,49,50,51,52). The van der Waals surface area contributed by atoms with Crippen LogP contribution in [-0.2, 0) is 0 Å². The molecule has 0 amide bonds. The van der Waals surface area contributed by atoms with Crippen molar-refractivity contribution < 1.29 is 0 Å². The van der Waals surface area contributed by atoms with Crippen LogP contribution in [0.1, 0.15) is 27.7 Å². The van der Waals surface area contributed by atoms with E-state index in [1.807, 2.05) is 59.9 Å². The predicted molar refractivity (Wildman–Crippen MR) is 233 cm³/mol. The van der Waals surface area contributed by atoms with Crippen LogP contribution in [0.3, 0.4) is 0 Å². The number of hydrogen-bond donors (Lipinski definition) is 2. The average Bonchev–Trinajstić information content (AvgIpc) is 3.96. The Bertz CT molecular complexity index is 2750. The molecule has 0 fully saturated rings. The number of aromatic nitrogens is 8. The summed E-state index contributed by atoms with van der Waals surface area (Å²) in [5.41, 5.74) is 6.58. The summed E-state index contributed by atoms with van der Waals surface area (Å²) < 4.78 is 0. The summed E-state index contributed by atoms with van der Waals surface area (Å²) in [5.74, 6) is 4.37. The van der Waals surface area contributed by atoms with Gasteiger partial charge in [-0.1, -0.05) is 100 Å². The molecule has 0 saturated heterocycles. The van der Waals surface area contributed by atoms with E-state index in [1.54, 1.807) is 0 Å². The van der Waals surface area contributed by atoms with E-state index in [0.717, 1.165) is 94.6 Å². The molecule has 2 N–H and O–H groups in total. The first-order chi connectivity index (χ1) is 27.5. The van der Waals surface area contributed by atoms with Crippen molar-refractivity contribution in [2.75, 3.05) is 50.8 Å². The lowest BCUT2D eigenvalue weighted by atomic mass is 10.1. The Morgan fingerprint density at radius 2 is 0.768 bits per heavy atom. The van der Waals surface area contributed by atoms with Crippen molar-refractivity contribution in [3.8, 4) is 45.6 Å². The number of thioether (sulfide) groups is 2. The van der Waals surface area contributed by atoms with Crippen molar-refractivity contribution in [3.63, 3.8) is 0 Å². The summed E-state index contributed by atoms with van der Waals surface area (Å²) in [6.45, 7) is 15.1. The Balaban J connectivity index is 1.30. The summed E-state index contributed by atoms with van der Waals surface area (Å²) in [6.07, 6.45) is 0. The third-order valence-corrected chi connectivity index (χ3v) is 12.9. The Morgan fingerprint density at radius 1 is 0.429 bits per heavy atom. The van der Waals surface area contributed by atoms with E-state index >= 15 is 0 Å². The fourth-order valence-electron chi connectivity index (χ4n) is 7.52. The highest BCUT2D eigenvalue weighted by atomic mass is 32.2. The Hall–Kier alpha value is -5.14. The van der Waals surface area contributed by atoms with Crippen molar-refractivity contribution in [1.82, 2.24) is 49.7 Å². The predicted octanol–water partition coefficient (Wildman–Crippen LogP) is 9.74. The van der Waals surface area contributed by atoms with Crippen LogP contribution >= 0.6 is 23.5 Å². The average molecular weight is 777 g/mol. The van der Waals surface area contributed by atoms with Gasteiger partial charge in [0.25, 0.3) is 0 Å². The largest absolute Gasteiger partial charge is 0.324 e. The maximum Gasteiger partial charge on any atom is 0.164 e. The second kappa shape index (κ2) is 15.8. The summed E-state index contributed by atoms with van der Waals surface area (Å²) >= 11 is 3.83. The van der Waals surface area contributed by atoms with E-state index in [4.69, 9.17) is 29.9 Å². The lowest BCUT2D eigenvalue weighted by molar-refractivity contribution is 0.323. The Labute approximate surface area is 334 Å². The van der Waals surface area contributed by atoms with Crippen LogP contribution in [0.25, 0.3) is 89.7 Å².